The van der Waals surface area contributed by atoms with Crippen LogP contribution in [0.4, 0.5) is 35.1 Å². The second-order valence-electron chi connectivity index (χ2n) is 9.84. The molecule has 1 saturated heterocycles. The molecule has 2 unspecified atom stereocenters. The number of hydrogen-bond donors (Lipinski definition) is 1. The molecule has 16 heteroatoms. The van der Waals surface area contributed by atoms with Crippen LogP contribution in [-0.4, -0.2) is 54.9 Å². The van der Waals surface area contributed by atoms with Gasteiger partial charge < -0.3 is 14.5 Å². The second-order valence-corrected chi connectivity index (χ2v) is 12.1. The number of rotatable bonds is 4. The number of carbonyl (C=O) groups excluding carboxylic acids is 1. The van der Waals surface area contributed by atoms with Crippen LogP contribution in [-0.2, 0) is 26.7 Å². The van der Waals surface area contributed by atoms with Gasteiger partial charge in [0.15, 0.2) is 9.84 Å². The number of aromatic nitrogens is 1. The molecule has 1 aliphatic heterocycles. The summed E-state index contributed by atoms with van der Waals surface area (Å²) in [6, 6.07) is 5.76. The molecule has 0 saturated carbocycles. The molecular weight excluding hydrogens is 592 g/mol. The zero-order chi connectivity index (χ0) is 30.2. The number of aromatic hydroxyl groups is 1. The summed E-state index contributed by atoms with van der Waals surface area (Å²) in [6.45, 7) is -0.872. The first kappa shape index (κ1) is 28.8. The third kappa shape index (κ3) is 4.16. The number of aryl methyl sites for hydroxylation is 1. The van der Waals surface area contributed by atoms with E-state index in [-0.39, 0.29) is 36.6 Å². The lowest BCUT2D eigenvalue weighted by Crippen LogP contribution is -2.51. The standard InChI is InChI=1S/C25H18F8N2O5S/c26-16-4-6-17(7-5-16)41(38,39)22-12-35(21(37)19-10-20(36)34-40-19)11-15(22)2-1-13-9-14(3-8-18(13)22)23(27,24(28,29)30)25(31,32)33/h3-10,15H,1-2,11-12H2,(H,34,36). The van der Waals surface area contributed by atoms with Gasteiger partial charge in [0.2, 0.25) is 5.76 Å². The van der Waals surface area contributed by atoms with Gasteiger partial charge >= 0.3 is 18.0 Å². The summed E-state index contributed by atoms with van der Waals surface area (Å²) < 4.78 is 140. The summed E-state index contributed by atoms with van der Waals surface area (Å²) in [5, 5.41) is 12.6. The van der Waals surface area contributed by atoms with E-state index in [1.165, 1.54) is 0 Å². The molecule has 2 atom stereocenters. The van der Waals surface area contributed by atoms with Crippen LogP contribution in [0.1, 0.15) is 33.7 Å². The van der Waals surface area contributed by atoms with E-state index < -0.39 is 78.9 Å². The number of sulfone groups is 1. The van der Waals surface area contributed by atoms with Crippen molar-refractivity contribution >= 4 is 15.7 Å². The lowest BCUT2D eigenvalue weighted by Gasteiger charge is -2.40. The quantitative estimate of drug-likeness (QED) is 0.322. The highest BCUT2D eigenvalue weighted by Gasteiger charge is 2.73. The Labute approximate surface area is 226 Å². The van der Waals surface area contributed by atoms with Crippen molar-refractivity contribution in [1.82, 2.24) is 10.1 Å². The van der Waals surface area contributed by atoms with Crippen LogP contribution in [0.5, 0.6) is 5.88 Å². The van der Waals surface area contributed by atoms with Gasteiger partial charge in [-0.1, -0.05) is 18.2 Å². The van der Waals surface area contributed by atoms with Crippen molar-refractivity contribution < 1.29 is 58.0 Å². The number of fused-ring (bicyclic) bond motifs is 3. The Kier molecular flexibility index (Phi) is 6.44. The lowest BCUT2D eigenvalue weighted by atomic mass is 9.75. The number of carbonyl (C=O) groups is 1. The van der Waals surface area contributed by atoms with Crippen LogP contribution in [0.15, 0.2) is 57.9 Å². The number of amides is 1. The Morgan fingerprint density at radius 2 is 1.63 bits per heavy atom. The molecule has 1 fully saturated rings. The Morgan fingerprint density at radius 1 is 1.00 bits per heavy atom. The molecule has 1 amide bonds. The van der Waals surface area contributed by atoms with Crippen molar-refractivity contribution in [2.24, 2.45) is 5.92 Å². The Balaban J connectivity index is 1.70. The van der Waals surface area contributed by atoms with Gasteiger partial charge in [-0.25, -0.2) is 17.2 Å². The fourth-order valence-electron chi connectivity index (χ4n) is 5.72. The molecule has 1 aliphatic carbocycles. The van der Waals surface area contributed by atoms with Crippen LogP contribution in [0.2, 0.25) is 0 Å². The van der Waals surface area contributed by atoms with Gasteiger partial charge in [-0.3, -0.25) is 4.79 Å². The minimum absolute atomic E-state index is 0.125. The SMILES string of the molecule is O=C(c1cc(O)no1)N1CC2CCc3cc(C(F)(C(F)(F)F)C(F)(F)F)ccc3C2(S(=O)(=O)c2ccc(F)cc2)C1. The van der Waals surface area contributed by atoms with E-state index in [0.717, 1.165) is 35.2 Å². The maximum Gasteiger partial charge on any atom is 0.435 e. The smallest absolute Gasteiger partial charge is 0.435 e. The van der Waals surface area contributed by atoms with E-state index in [1.54, 1.807) is 0 Å². The van der Waals surface area contributed by atoms with Crippen molar-refractivity contribution in [2.75, 3.05) is 13.1 Å². The van der Waals surface area contributed by atoms with Crippen molar-refractivity contribution in [1.29, 1.82) is 0 Å². The number of halogens is 8. The highest BCUT2D eigenvalue weighted by Crippen LogP contribution is 2.56. The zero-order valence-electron chi connectivity index (χ0n) is 20.4. The maximum absolute atomic E-state index is 14.9. The number of alkyl halides is 7. The molecule has 220 valence electrons. The van der Waals surface area contributed by atoms with Crippen LogP contribution in [0.25, 0.3) is 0 Å². The number of nitrogens with zero attached hydrogens (tertiary/aromatic N) is 2. The number of benzene rings is 2. The van der Waals surface area contributed by atoms with Gasteiger partial charge in [-0.05, 0) is 53.4 Å². The molecule has 2 aromatic carbocycles. The summed E-state index contributed by atoms with van der Waals surface area (Å²) in [5.41, 5.74) is -8.01. The fourth-order valence-corrected chi connectivity index (χ4v) is 8.08. The summed E-state index contributed by atoms with van der Waals surface area (Å²) in [5.74, 6) is -3.70. The lowest BCUT2D eigenvalue weighted by molar-refractivity contribution is -0.348. The molecule has 1 N–H and O–H groups in total. The first-order valence-electron chi connectivity index (χ1n) is 11.8. The molecule has 41 heavy (non-hydrogen) atoms. The van der Waals surface area contributed by atoms with Gasteiger partial charge in [-0.2, -0.15) is 26.3 Å². The maximum atomic E-state index is 14.9. The van der Waals surface area contributed by atoms with Crippen LogP contribution < -0.4 is 0 Å². The Morgan fingerprint density at radius 3 is 2.20 bits per heavy atom. The molecule has 1 aromatic heterocycles. The molecule has 5 rings (SSSR count). The molecular formula is C25H18F8N2O5S. The predicted molar refractivity (Wildman–Crippen MR) is 122 cm³/mol. The first-order chi connectivity index (χ1) is 18.9. The van der Waals surface area contributed by atoms with Crippen molar-refractivity contribution in [2.45, 2.75) is 40.5 Å². The Hall–Kier alpha value is -3.69. The van der Waals surface area contributed by atoms with E-state index in [1.807, 2.05) is 0 Å². The minimum atomic E-state index is -6.38. The van der Waals surface area contributed by atoms with E-state index in [2.05, 4.69) is 5.16 Å². The molecule has 0 radical (unpaired) electrons. The van der Waals surface area contributed by atoms with Gasteiger partial charge in [0.05, 0.1) is 11.0 Å². The van der Waals surface area contributed by atoms with Crippen molar-refractivity contribution in [3.63, 3.8) is 0 Å². The molecule has 3 aromatic rings. The number of hydrogen-bond acceptors (Lipinski definition) is 6. The normalized spacial score (nSPS) is 21.5. The monoisotopic (exact) mass is 610 g/mol. The fraction of sp³-hybridized carbons (Fsp3) is 0.360. The average Bonchev–Trinajstić information content (AvgIpc) is 3.51. The highest BCUT2D eigenvalue weighted by molar-refractivity contribution is 7.92. The summed E-state index contributed by atoms with van der Waals surface area (Å²) >= 11 is 0. The number of likely N-dealkylation sites (tertiary alicyclic amines) is 1. The largest absolute Gasteiger partial charge is 0.491 e. The summed E-state index contributed by atoms with van der Waals surface area (Å²) in [6.07, 6.45) is -13.1. The molecule has 0 spiro atoms. The van der Waals surface area contributed by atoms with Crippen molar-refractivity contribution in [3.8, 4) is 5.88 Å². The molecule has 2 aliphatic rings. The first-order valence-corrected chi connectivity index (χ1v) is 13.3. The topological polar surface area (TPSA) is 101 Å². The van der Waals surface area contributed by atoms with E-state index in [4.69, 9.17) is 4.52 Å². The average molecular weight is 610 g/mol. The second kappa shape index (κ2) is 9.16. The third-order valence-corrected chi connectivity index (χ3v) is 10.2. The third-order valence-electron chi connectivity index (χ3n) is 7.63. The van der Waals surface area contributed by atoms with Crippen LogP contribution >= 0.6 is 0 Å². The molecule has 0 bridgehead atoms. The van der Waals surface area contributed by atoms with Gasteiger partial charge in [-0.15, -0.1) is 0 Å². The zero-order valence-corrected chi connectivity index (χ0v) is 21.2. The molecule has 7 nitrogen and oxygen atoms in total. The highest BCUT2D eigenvalue weighted by atomic mass is 32.2. The van der Waals surface area contributed by atoms with Gasteiger partial charge in [0.1, 0.15) is 10.6 Å². The molecule has 2 heterocycles. The van der Waals surface area contributed by atoms with E-state index >= 15 is 0 Å². The van der Waals surface area contributed by atoms with E-state index in [9.17, 15) is 53.4 Å². The van der Waals surface area contributed by atoms with Gasteiger partial charge in [0, 0.05) is 24.6 Å². The summed E-state index contributed by atoms with van der Waals surface area (Å²) in [7, 11) is -4.63. The van der Waals surface area contributed by atoms with Crippen LogP contribution in [0.3, 0.4) is 0 Å². The van der Waals surface area contributed by atoms with Crippen molar-refractivity contribution in [3.05, 3.63) is 76.8 Å². The van der Waals surface area contributed by atoms with Gasteiger partial charge in [0.25, 0.3) is 11.8 Å². The summed E-state index contributed by atoms with van der Waals surface area (Å²) in [4.78, 5) is 13.7. The van der Waals surface area contributed by atoms with Crippen LogP contribution in [0, 0.1) is 11.7 Å². The minimum Gasteiger partial charge on any atom is -0.491 e. The predicted octanol–water partition coefficient (Wildman–Crippen LogP) is 5.20. The Bertz CT molecular complexity index is 1600. The van der Waals surface area contributed by atoms with E-state index in [0.29, 0.717) is 12.1 Å².